The maximum Gasteiger partial charge on any atom is 0.257 e. The molecule has 0 unspecified atom stereocenters. The monoisotopic (exact) mass is 510 g/mol. The molecule has 0 radical (unpaired) electrons. The number of hydrogen-bond acceptors (Lipinski definition) is 2. The second-order valence-corrected chi connectivity index (χ2v) is 7.60. The van der Waals surface area contributed by atoms with Gasteiger partial charge in [0.15, 0.2) is 0 Å². The van der Waals surface area contributed by atoms with E-state index in [9.17, 15) is 9.59 Å². The highest BCUT2D eigenvalue weighted by atomic mass is 127. The lowest BCUT2D eigenvalue weighted by Gasteiger charge is -2.10. The van der Waals surface area contributed by atoms with Gasteiger partial charge in [0.2, 0.25) is 0 Å². The van der Waals surface area contributed by atoms with Gasteiger partial charge in [-0.1, -0.05) is 41.4 Å². The first-order valence-electron chi connectivity index (χ1n) is 7.86. The van der Waals surface area contributed by atoms with Crippen molar-refractivity contribution in [1.29, 1.82) is 0 Å². The van der Waals surface area contributed by atoms with Crippen LogP contribution in [0.3, 0.4) is 0 Å². The summed E-state index contributed by atoms with van der Waals surface area (Å²) in [6, 6.07) is 18.9. The van der Waals surface area contributed by atoms with Crippen LogP contribution in [-0.4, -0.2) is 11.8 Å². The summed E-state index contributed by atoms with van der Waals surface area (Å²) < 4.78 is 0.856. The van der Waals surface area contributed by atoms with Crippen LogP contribution in [0.4, 0.5) is 11.4 Å². The SMILES string of the molecule is O=C(Nc1cccc(NC(=O)c2ccccc2I)c1)c1ccc(Cl)cc1Cl. The van der Waals surface area contributed by atoms with E-state index in [1.54, 1.807) is 42.5 Å². The van der Waals surface area contributed by atoms with Crippen LogP contribution < -0.4 is 10.6 Å². The highest BCUT2D eigenvalue weighted by Gasteiger charge is 2.13. The van der Waals surface area contributed by atoms with Crippen molar-refractivity contribution in [2.75, 3.05) is 10.6 Å². The van der Waals surface area contributed by atoms with E-state index in [-0.39, 0.29) is 16.8 Å². The molecule has 0 spiro atoms. The van der Waals surface area contributed by atoms with Crippen molar-refractivity contribution in [3.8, 4) is 0 Å². The summed E-state index contributed by atoms with van der Waals surface area (Å²) in [4.78, 5) is 24.9. The lowest BCUT2D eigenvalue weighted by molar-refractivity contribution is 0.101. The molecule has 136 valence electrons. The molecule has 3 aromatic carbocycles. The molecule has 0 heterocycles. The van der Waals surface area contributed by atoms with Gasteiger partial charge >= 0.3 is 0 Å². The Kier molecular flexibility index (Phi) is 6.36. The summed E-state index contributed by atoms with van der Waals surface area (Å²) in [5.74, 6) is -0.582. The zero-order chi connectivity index (χ0) is 19.4. The van der Waals surface area contributed by atoms with Crippen LogP contribution in [0.1, 0.15) is 20.7 Å². The molecule has 0 aliphatic rings. The molecular weight excluding hydrogens is 498 g/mol. The molecule has 3 rings (SSSR count). The molecule has 0 fully saturated rings. The normalized spacial score (nSPS) is 10.3. The average Bonchev–Trinajstić information content (AvgIpc) is 2.62. The number of hydrogen-bond donors (Lipinski definition) is 2. The lowest BCUT2D eigenvalue weighted by Crippen LogP contribution is -2.15. The van der Waals surface area contributed by atoms with Crippen LogP contribution in [-0.2, 0) is 0 Å². The Bertz CT molecular complexity index is 1020. The maximum atomic E-state index is 12.4. The van der Waals surface area contributed by atoms with E-state index in [0.29, 0.717) is 27.5 Å². The summed E-state index contributed by atoms with van der Waals surface area (Å²) >= 11 is 14.0. The van der Waals surface area contributed by atoms with Crippen molar-refractivity contribution in [1.82, 2.24) is 0 Å². The van der Waals surface area contributed by atoms with Gasteiger partial charge in [-0.3, -0.25) is 9.59 Å². The second-order valence-electron chi connectivity index (χ2n) is 5.59. The van der Waals surface area contributed by atoms with E-state index in [4.69, 9.17) is 23.2 Å². The van der Waals surface area contributed by atoms with Gasteiger partial charge < -0.3 is 10.6 Å². The third kappa shape index (κ3) is 5.00. The zero-order valence-corrected chi connectivity index (χ0v) is 17.5. The van der Waals surface area contributed by atoms with Crippen LogP contribution in [0, 0.1) is 3.57 Å². The van der Waals surface area contributed by atoms with Crippen LogP contribution in [0.5, 0.6) is 0 Å². The fraction of sp³-hybridized carbons (Fsp3) is 0. The quantitative estimate of drug-likeness (QED) is 0.416. The van der Waals surface area contributed by atoms with Crippen molar-refractivity contribution >= 4 is 69.0 Å². The molecule has 2 amide bonds. The summed E-state index contributed by atoms with van der Waals surface area (Å²) in [6.45, 7) is 0. The summed E-state index contributed by atoms with van der Waals surface area (Å²) in [5, 5.41) is 6.32. The molecule has 0 aliphatic carbocycles. The van der Waals surface area contributed by atoms with Crippen molar-refractivity contribution in [2.24, 2.45) is 0 Å². The third-order valence-corrected chi connectivity index (χ3v) is 5.16. The number of carbonyl (C=O) groups is 2. The molecule has 0 aliphatic heterocycles. The fourth-order valence-corrected chi connectivity index (χ4v) is 3.52. The van der Waals surface area contributed by atoms with E-state index in [2.05, 4.69) is 33.2 Å². The number of rotatable bonds is 4. The predicted octanol–water partition coefficient (Wildman–Crippen LogP) is 6.10. The number of benzene rings is 3. The minimum atomic E-state index is -0.363. The number of carbonyl (C=O) groups excluding carboxylic acids is 2. The molecule has 7 heteroatoms. The van der Waals surface area contributed by atoms with E-state index < -0.39 is 0 Å². The molecule has 27 heavy (non-hydrogen) atoms. The number of nitrogens with one attached hydrogen (secondary N) is 2. The Balaban J connectivity index is 1.75. The summed E-state index contributed by atoms with van der Waals surface area (Å²) in [6.07, 6.45) is 0. The Morgan fingerprint density at radius 1 is 0.741 bits per heavy atom. The standard InChI is InChI=1S/C20H13Cl2IN2O2/c21-12-8-9-15(17(22)10-12)19(26)24-13-4-3-5-14(11-13)25-20(27)16-6-1-2-7-18(16)23/h1-11H,(H,24,26)(H,25,27). The van der Waals surface area contributed by atoms with Gasteiger partial charge in [-0.05, 0) is 71.1 Å². The third-order valence-electron chi connectivity index (χ3n) is 3.67. The van der Waals surface area contributed by atoms with Crippen LogP contribution >= 0.6 is 45.8 Å². The van der Waals surface area contributed by atoms with Gasteiger partial charge in [-0.2, -0.15) is 0 Å². The Labute approximate surface area is 180 Å². The first kappa shape index (κ1) is 19.7. The molecule has 0 saturated heterocycles. The molecule has 4 nitrogen and oxygen atoms in total. The van der Waals surface area contributed by atoms with E-state index in [0.717, 1.165) is 3.57 Å². The van der Waals surface area contributed by atoms with Crippen molar-refractivity contribution in [3.63, 3.8) is 0 Å². The first-order valence-corrected chi connectivity index (χ1v) is 9.70. The highest BCUT2D eigenvalue weighted by molar-refractivity contribution is 14.1. The van der Waals surface area contributed by atoms with E-state index in [1.807, 2.05) is 18.2 Å². The molecule has 2 N–H and O–H groups in total. The topological polar surface area (TPSA) is 58.2 Å². The van der Waals surface area contributed by atoms with Gasteiger partial charge in [0.05, 0.1) is 16.1 Å². The van der Waals surface area contributed by atoms with Crippen molar-refractivity contribution in [2.45, 2.75) is 0 Å². The summed E-state index contributed by atoms with van der Waals surface area (Å²) in [7, 11) is 0. The van der Waals surface area contributed by atoms with E-state index >= 15 is 0 Å². The highest BCUT2D eigenvalue weighted by Crippen LogP contribution is 2.23. The zero-order valence-electron chi connectivity index (χ0n) is 13.8. The number of anilines is 2. The molecule has 0 saturated carbocycles. The van der Waals surface area contributed by atoms with Gasteiger partial charge in [-0.15, -0.1) is 0 Å². The largest absolute Gasteiger partial charge is 0.322 e. The van der Waals surface area contributed by atoms with Crippen LogP contribution in [0.15, 0.2) is 66.7 Å². The second kappa shape index (κ2) is 8.73. The van der Waals surface area contributed by atoms with Crippen LogP contribution in [0.25, 0.3) is 0 Å². The van der Waals surface area contributed by atoms with Crippen LogP contribution in [0.2, 0.25) is 10.0 Å². The fourth-order valence-electron chi connectivity index (χ4n) is 2.39. The number of amides is 2. The molecule has 0 aromatic heterocycles. The maximum absolute atomic E-state index is 12.4. The Morgan fingerprint density at radius 3 is 2.00 bits per heavy atom. The van der Waals surface area contributed by atoms with E-state index in [1.165, 1.54) is 6.07 Å². The number of halogens is 3. The summed E-state index contributed by atoms with van der Waals surface area (Å²) in [5.41, 5.74) is 2.00. The molecule has 0 bridgehead atoms. The smallest absolute Gasteiger partial charge is 0.257 e. The Hall–Kier alpha value is -2.09. The minimum Gasteiger partial charge on any atom is -0.322 e. The molecule has 0 atom stereocenters. The molecular formula is C20H13Cl2IN2O2. The van der Waals surface area contributed by atoms with Crippen molar-refractivity contribution < 1.29 is 9.59 Å². The van der Waals surface area contributed by atoms with Crippen molar-refractivity contribution in [3.05, 3.63) is 91.5 Å². The van der Waals surface area contributed by atoms with Gasteiger partial charge in [-0.25, -0.2) is 0 Å². The minimum absolute atomic E-state index is 0.218. The molecule has 3 aromatic rings. The Morgan fingerprint density at radius 2 is 1.37 bits per heavy atom. The first-order chi connectivity index (χ1) is 12.9. The predicted molar refractivity (Wildman–Crippen MR) is 118 cm³/mol. The average molecular weight is 511 g/mol. The lowest BCUT2D eigenvalue weighted by atomic mass is 10.2. The van der Waals surface area contributed by atoms with Gasteiger partial charge in [0.1, 0.15) is 0 Å². The van der Waals surface area contributed by atoms with Gasteiger partial charge in [0, 0.05) is 20.0 Å². The van der Waals surface area contributed by atoms with Gasteiger partial charge in [0.25, 0.3) is 11.8 Å².